The highest BCUT2D eigenvalue weighted by molar-refractivity contribution is 8.00. The topological polar surface area (TPSA) is 12.0 Å². The first-order valence-corrected chi connectivity index (χ1v) is 9.10. The van der Waals surface area contributed by atoms with E-state index in [1.807, 2.05) is 0 Å². The number of thioether (sulfide) groups is 1. The van der Waals surface area contributed by atoms with Crippen molar-refractivity contribution >= 4 is 11.8 Å². The Hall–Kier alpha value is -0.470. The van der Waals surface area contributed by atoms with Gasteiger partial charge in [-0.05, 0) is 37.4 Å². The van der Waals surface area contributed by atoms with E-state index in [4.69, 9.17) is 0 Å². The second kappa shape index (κ2) is 8.09. The van der Waals surface area contributed by atoms with Crippen LogP contribution < -0.4 is 5.32 Å². The summed E-state index contributed by atoms with van der Waals surface area (Å²) in [6.07, 6.45) is 8.26. The molecular weight excluding hydrogens is 262 g/mol. The van der Waals surface area contributed by atoms with Crippen LogP contribution in [0.25, 0.3) is 0 Å². The summed E-state index contributed by atoms with van der Waals surface area (Å²) in [4.78, 5) is 0. The number of benzene rings is 1. The van der Waals surface area contributed by atoms with Crippen molar-refractivity contribution in [2.45, 2.75) is 68.9 Å². The number of nitrogens with one attached hydrogen (secondary N) is 1. The van der Waals surface area contributed by atoms with Gasteiger partial charge >= 0.3 is 0 Å². The van der Waals surface area contributed by atoms with Crippen LogP contribution in [0.4, 0.5) is 0 Å². The SMILES string of the molecule is CCc1ccc(C(NC)C(C)SC2CCCCC2)cc1. The minimum Gasteiger partial charge on any atom is -0.312 e. The molecule has 2 heteroatoms. The number of rotatable bonds is 6. The molecule has 1 saturated carbocycles. The molecule has 1 nitrogen and oxygen atoms in total. The number of aryl methyl sites for hydroxylation is 1. The molecule has 0 radical (unpaired) electrons. The van der Waals surface area contributed by atoms with Gasteiger partial charge in [-0.15, -0.1) is 0 Å². The van der Waals surface area contributed by atoms with Crippen molar-refractivity contribution in [2.75, 3.05) is 7.05 Å². The van der Waals surface area contributed by atoms with Crippen molar-refractivity contribution in [1.82, 2.24) is 5.32 Å². The first kappa shape index (κ1) is 15.9. The Morgan fingerprint density at radius 1 is 1.15 bits per heavy atom. The smallest absolute Gasteiger partial charge is 0.0435 e. The van der Waals surface area contributed by atoms with Crippen LogP contribution in [-0.4, -0.2) is 17.5 Å². The van der Waals surface area contributed by atoms with Gasteiger partial charge in [0.05, 0.1) is 0 Å². The summed E-state index contributed by atoms with van der Waals surface area (Å²) in [5.74, 6) is 0. The second-order valence-electron chi connectivity index (χ2n) is 5.96. The van der Waals surface area contributed by atoms with E-state index in [-0.39, 0.29) is 0 Å². The van der Waals surface area contributed by atoms with Crippen molar-refractivity contribution in [3.63, 3.8) is 0 Å². The summed E-state index contributed by atoms with van der Waals surface area (Å²) in [7, 11) is 2.09. The maximum atomic E-state index is 3.52. The van der Waals surface area contributed by atoms with Crippen LogP contribution in [0.3, 0.4) is 0 Å². The molecule has 0 amide bonds. The lowest BCUT2D eigenvalue weighted by molar-refractivity contribution is 0.510. The minimum absolute atomic E-state index is 0.466. The highest BCUT2D eigenvalue weighted by Gasteiger charge is 2.23. The molecule has 1 aromatic rings. The standard InChI is InChI=1S/C18H29NS/c1-4-15-10-12-16(13-11-15)18(19-3)14(2)20-17-8-6-5-7-9-17/h10-14,17-19H,4-9H2,1-3H3. The molecular formula is C18H29NS. The van der Waals surface area contributed by atoms with Crippen LogP contribution in [-0.2, 0) is 6.42 Å². The Morgan fingerprint density at radius 2 is 1.80 bits per heavy atom. The molecule has 1 aliphatic rings. The molecule has 1 N–H and O–H groups in total. The van der Waals surface area contributed by atoms with Crippen LogP contribution in [0.1, 0.15) is 63.1 Å². The zero-order valence-corrected chi connectivity index (χ0v) is 14.0. The average molecular weight is 292 g/mol. The van der Waals surface area contributed by atoms with Gasteiger partial charge in [0.1, 0.15) is 0 Å². The fourth-order valence-electron chi connectivity index (χ4n) is 3.22. The van der Waals surface area contributed by atoms with Gasteiger partial charge in [0.15, 0.2) is 0 Å². The Morgan fingerprint density at radius 3 is 2.35 bits per heavy atom. The quantitative estimate of drug-likeness (QED) is 0.794. The Balaban J connectivity index is 1.98. The number of hydrogen-bond donors (Lipinski definition) is 1. The molecule has 20 heavy (non-hydrogen) atoms. The normalized spacial score (nSPS) is 19.8. The third-order valence-corrected chi connectivity index (χ3v) is 6.04. The monoisotopic (exact) mass is 291 g/mol. The highest BCUT2D eigenvalue weighted by Crippen LogP contribution is 2.35. The van der Waals surface area contributed by atoms with Crippen LogP contribution >= 0.6 is 11.8 Å². The molecule has 1 aromatic carbocycles. The van der Waals surface area contributed by atoms with E-state index >= 15 is 0 Å². The third kappa shape index (κ3) is 4.26. The van der Waals surface area contributed by atoms with Crippen molar-refractivity contribution in [3.8, 4) is 0 Å². The van der Waals surface area contributed by atoms with Crippen LogP contribution in [0.5, 0.6) is 0 Å². The summed E-state index contributed by atoms with van der Waals surface area (Å²) in [5, 5.41) is 5.04. The van der Waals surface area contributed by atoms with Crippen molar-refractivity contribution in [1.29, 1.82) is 0 Å². The third-order valence-electron chi connectivity index (χ3n) is 4.49. The summed E-state index contributed by atoms with van der Waals surface area (Å²) in [6, 6.07) is 9.62. The zero-order valence-electron chi connectivity index (χ0n) is 13.2. The van der Waals surface area contributed by atoms with E-state index in [1.165, 1.54) is 43.2 Å². The highest BCUT2D eigenvalue weighted by atomic mass is 32.2. The predicted octanol–water partition coefficient (Wildman–Crippen LogP) is 4.96. The maximum absolute atomic E-state index is 3.52. The second-order valence-corrected chi connectivity index (χ2v) is 7.65. The van der Waals surface area contributed by atoms with Gasteiger partial charge in [0.2, 0.25) is 0 Å². The first-order valence-electron chi connectivity index (χ1n) is 8.16. The van der Waals surface area contributed by atoms with Crippen molar-refractivity contribution in [3.05, 3.63) is 35.4 Å². The molecule has 112 valence electrons. The van der Waals surface area contributed by atoms with E-state index in [1.54, 1.807) is 0 Å². The van der Waals surface area contributed by atoms with E-state index in [9.17, 15) is 0 Å². The molecule has 1 aliphatic carbocycles. The molecule has 2 rings (SSSR count). The molecule has 0 aromatic heterocycles. The van der Waals surface area contributed by atoms with Gasteiger partial charge in [-0.1, -0.05) is 57.4 Å². The minimum atomic E-state index is 0.466. The molecule has 2 unspecified atom stereocenters. The Bertz CT molecular complexity index is 381. The Kier molecular flexibility index (Phi) is 6.44. The molecule has 1 fully saturated rings. The number of hydrogen-bond acceptors (Lipinski definition) is 2. The molecule has 0 aliphatic heterocycles. The van der Waals surface area contributed by atoms with E-state index in [2.05, 4.69) is 62.2 Å². The van der Waals surface area contributed by atoms with Gasteiger partial charge in [-0.25, -0.2) is 0 Å². The van der Waals surface area contributed by atoms with E-state index < -0.39 is 0 Å². The first-order chi connectivity index (χ1) is 9.74. The molecule has 2 atom stereocenters. The van der Waals surface area contributed by atoms with Gasteiger partial charge < -0.3 is 5.32 Å². The van der Waals surface area contributed by atoms with E-state index in [0.717, 1.165) is 11.7 Å². The zero-order chi connectivity index (χ0) is 14.4. The fourth-order valence-corrected chi connectivity index (χ4v) is 4.88. The van der Waals surface area contributed by atoms with Crippen molar-refractivity contribution in [2.24, 2.45) is 0 Å². The van der Waals surface area contributed by atoms with Crippen LogP contribution in [0.15, 0.2) is 24.3 Å². The fraction of sp³-hybridized carbons (Fsp3) is 0.667. The van der Waals surface area contributed by atoms with Gasteiger partial charge in [0.25, 0.3) is 0 Å². The van der Waals surface area contributed by atoms with Gasteiger partial charge in [-0.3, -0.25) is 0 Å². The summed E-state index contributed by atoms with van der Waals surface area (Å²) >= 11 is 2.20. The molecule has 0 saturated heterocycles. The Labute approximate surface area is 128 Å². The van der Waals surface area contributed by atoms with Crippen LogP contribution in [0.2, 0.25) is 0 Å². The maximum Gasteiger partial charge on any atom is 0.0435 e. The lowest BCUT2D eigenvalue weighted by Gasteiger charge is -2.29. The van der Waals surface area contributed by atoms with Gasteiger partial charge in [0, 0.05) is 16.5 Å². The summed E-state index contributed by atoms with van der Waals surface area (Å²) in [5.41, 5.74) is 2.86. The lowest BCUT2D eigenvalue weighted by atomic mass is 10.0. The molecule has 0 heterocycles. The van der Waals surface area contributed by atoms with Gasteiger partial charge in [-0.2, -0.15) is 11.8 Å². The molecule has 0 spiro atoms. The lowest BCUT2D eigenvalue weighted by Crippen LogP contribution is -2.27. The van der Waals surface area contributed by atoms with E-state index in [0.29, 0.717) is 11.3 Å². The molecule has 0 bridgehead atoms. The average Bonchev–Trinajstić information content (AvgIpc) is 2.49. The largest absolute Gasteiger partial charge is 0.312 e. The summed E-state index contributed by atoms with van der Waals surface area (Å²) < 4.78 is 0. The van der Waals surface area contributed by atoms with Crippen molar-refractivity contribution < 1.29 is 0 Å². The van der Waals surface area contributed by atoms with Crippen LogP contribution in [0, 0.1) is 0 Å². The predicted molar refractivity (Wildman–Crippen MR) is 91.5 cm³/mol. The summed E-state index contributed by atoms with van der Waals surface area (Å²) in [6.45, 7) is 4.60.